The first-order valence-corrected chi connectivity index (χ1v) is 11.0. The van der Waals surface area contributed by atoms with Gasteiger partial charge in [0.2, 0.25) is 0 Å². The van der Waals surface area contributed by atoms with Gasteiger partial charge in [-0.25, -0.2) is 9.59 Å². The third-order valence-electron chi connectivity index (χ3n) is 8.65. The number of carbonyl (C=O) groups excluding carboxylic acids is 3. The number of methoxy groups -OCH3 is 2. The molecule has 0 aliphatic heterocycles. The molecule has 30 heavy (non-hydrogen) atoms. The topological polar surface area (TPSA) is 88.1 Å². The molecular formula is C23H32O7. The highest BCUT2D eigenvalue weighted by Gasteiger charge is 2.62. The number of hydrogen-bond acceptors (Lipinski definition) is 7. The molecule has 166 valence electrons. The lowest BCUT2D eigenvalue weighted by Gasteiger charge is -2.56. The van der Waals surface area contributed by atoms with E-state index in [0.717, 1.165) is 44.1 Å². The molecule has 0 N–H and O–H groups in total. The number of hydrogen-bond donors (Lipinski definition) is 0. The minimum atomic E-state index is -0.666. The van der Waals surface area contributed by atoms with E-state index < -0.39 is 12.3 Å². The lowest BCUT2D eigenvalue weighted by atomic mass is 9.47. The molecule has 0 aromatic rings. The van der Waals surface area contributed by atoms with Crippen molar-refractivity contribution in [3.05, 3.63) is 11.6 Å². The Hall–Kier alpha value is -2.05. The maximum Gasteiger partial charge on any atom is 0.508 e. The van der Waals surface area contributed by atoms with E-state index in [1.165, 1.54) is 14.2 Å². The fourth-order valence-corrected chi connectivity index (χ4v) is 6.96. The zero-order valence-corrected chi connectivity index (χ0v) is 18.3. The van der Waals surface area contributed by atoms with Crippen LogP contribution in [0.25, 0.3) is 0 Å². The molecule has 3 saturated carbocycles. The summed E-state index contributed by atoms with van der Waals surface area (Å²) in [6.07, 6.45) is 5.86. The van der Waals surface area contributed by atoms with Gasteiger partial charge in [-0.15, -0.1) is 0 Å². The largest absolute Gasteiger partial charge is 0.508 e. The average molecular weight is 421 g/mol. The van der Waals surface area contributed by atoms with Gasteiger partial charge in [-0.3, -0.25) is 4.79 Å². The van der Waals surface area contributed by atoms with Gasteiger partial charge in [-0.1, -0.05) is 19.4 Å². The summed E-state index contributed by atoms with van der Waals surface area (Å²) < 4.78 is 20.3. The Morgan fingerprint density at radius 1 is 0.933 bits per heavy atom. The lowest BCUT2D eigenvalue weighted by Crippen LogP contribution is -2.54. The molecule has 0 bridgehead atoms. The molecule has 4 aliphatic rings. The number of carbonyl (C=O) groups is 3. The van der Waals surface area contributed by atoms with Crippen molar-refractivity contribution < 1.29 is 33.3 Å². The van der Waals surface area contributed by atoms with E-state index in [1.807, 2.05) is 6.08 Å². The van der Waals surface area contributed by atoms with Crippen LogP contribution < -0.4 is 0 Å². The van der Waals surface area contributed by atoms with E-state index in [4.69, 9.17) is 14.2 Å². The molecule has 0 amide bonds. The monoisotopic (exact) mass is 420 g/mol. The Morgan fingerprint density at radius 3 is 2.33 bits per heavy atom. The Morgan fingerprint density at radius 2 is 1.63 bits per heavy atom. The van der Waals surface area contributed by atoms with Crippen molar-refractivity contribution in [2.24, 2.45) is 28.6 Å². The molecule has 7 nitrogen and oxygen atoms in total. The quantitative estimate of drug-likeness (QED) is 0.611. The SMILES string of the molecule is COC(=O)O[C@H]1CC[C@@]2(C)C(=CC(=O)[C@H]3[C@@H]4CC[C@H](OC(=O)OC)[C@@]4(C)CC[C@@H]32)C1. The fraction of sp³-hybridized carbons (Fsp3) is 0.783. The standard InChI is InChI=1S/C23H32O7/c1-22-9-7-14(29-20(25)27-3)11-13(22)12-17(24)19-15-5-6-18(30-21(26)28-4)23(15,2)10-8-16(19)22/h12,14-16,18-19H,5-11H2,1-4H3/t14-,15-,16-,18-,19-,22-,23-/m0/s1. The molecule has 3 fully saturated rings. The van der Waals surface area contributed by atoms with E-state index in [1.54, 1.807) is 0 Å². The van der Waals surface area contributed by atoms with Gasteiger partial charge < -0.3 is 18.9 Å². The number of rotatable bonds is 2. The van der Waals surface area contributed by atoms with E-state index in [2.05, 4.69) is 18.6 Å². The van der Waals surface area contributed by atoms with Crippen molar-refractivity contribution >= 4 is 18.1 Å². The minimum absolute atomic E-state index is 0.0400. The maximum atomic E-state index is 13.3. The molecule has 4 rings (SSSR count). The highest BCUT2D eigenvalue weighted by atomic mass is 16.7. The lowest BCUT2D eigenvalue weighted by molar-refractivity contribution is -0.137. The predicted octanol–water partition coefficient (Wildman–Crippen LogP) is 4.43. The molecule has 0 aromatic carbocycles. The Kier molecular flexibility index (Phi) is 5.35. The van der Waals surface area contributed by atoms with Crippen molar-refractivity contribution in [3.8, 4) is 0 Å². The molecule has 0 saturated heterocycles. The molecule has 0 aromatic heterocycles. The second-order valence-electron chi connectivity index (χ2n) is 9.85. The first-order chi connectivity index (χ1) is 14.2. The highest BCUT2D eigenvalue weighted by molar-refractivity contribution is 5.94. The van der Waals surface area contributed by atoms with Crippen molar-refractivity contribution in [2.75, 3.05) is 14.2 Å². The van der Waals surface area contributed by atoms with Crippen LogP contribution >= 0.6 is 0 Å². The van der Waals surface area contributed by atoms with Crippen LogP contribution in [0.5, 0.6) is 0 Å². The van der Waals surface area contributed by atoms with Crippen LogP contribution in [0.2, 0.25) is 0 Å². The molecular weight excluding hydrogens is 388 g/mol. The summed E-state index contributed by atoms with van der Waals surface area (Å²) in [5.74, 6) is 0.624. The first-order valence-electron chi connectivity index (χ1n) is 11.0. The highest BCUT2D eigenvalue weighted by Crippen LogP contribution is 2.64. The number of ketones is 1. The summed E-state index contributed by atoms with van der Waals surface area (Å²) in [4.78, 5) is 36.6. The van der Waals surface area contributed by atoms with Crippen LogP contribution in [-0.4, -0.2) is 44.5 Å². The van der Waals surface area contributed by atoms with Gasteiger partial charge in [0.1, 0.15) is 12.2 Å². The summed E-state index contributed by atoms with van der Waals surface area (Å²) in [7, 11) is 2.63. The molecule has 0 unspecified atom stereocenters. The van der Waals surface area contributed by atoms with Crippen LogP contribution in [0.3, 0.4) is 0 Å². The molecule has 0 heterocycles. The molecule has 7 heteroatoms. The number of ether oxygens (including phenoxy) is 4. The van der Waals surface area contributed by atoms with Gasteiger partial charge in [0.15, 0.2) is 5.78 Å². The van der Waals surface area contributed by atoms with Crippen molar-refractivity contribution in [3.63, 3.8) is 0 Å². The summed E-state index contributed by atoms with van der Waals surface area (Å²) in [5.41, 5.74) is 0.854. The summed E-state index contributed by atoms with van der Waals surface area (Å²) >= 11 is 0. The molecule has 0 radical (unpaired) electrons. The maximum absolute atomic E-state index is 13.3. The summed E-state index contributed by atoms with van der Waals surface area (Å²) in [6.45, 7) is 4.45. The molecule has 7 atom stereocenters. The predicted molar refractivity (Wildman–Crippen MR) is 107 cm³/mol. The minimum Gasteiger partial charge on any atom is -0.438 e. The van der Waals surface area contributed by atoms with Gasteiger partial charge in [-0.2, -0.15) is 0 Å². The van der Waals surface area contributed by atoms with Crippen LogP contribution in [-0.2, 0) is 23.7 Å². The summed E-state index contributed by atoms with van der Waals surface area (Å²) in [6, 6.07) is 0. The van der Waals surface area contributed by atoms with Crippen LogP contribution in [0.4, 0.5) is 9.59 Å². The third kappa shape index (κ3) is 3.21. The zero-order valence-electron chi connectivity index (χ0n) is 18.3. The molecule has 0 spiro atoms. The Labute approximate surface area is 177 Å². The van der Waals surface area contributed by atoms with Crippen molar-refractivity contribution in [1.29, 1.82) is 0 Å². The fourth-order valence-electron chi connectivity index (χ4n) is 6.96. The molecule has 4 aliphatic carbocycles. The van der Waals surface area contributed by atoms with Crippen molar-refractivity contribution in [2.45, 2.75) is 71.0 Å². The van der Waals surface area contributed by atoms with Crippen LogP contribution in [0, 0.1) is 28.6 Å². The Balaban J connectivity index is 1.57. The Bertz CT molecular complexity index is 774. The van der Waals surface area contributed by atoms with Gasteiger partial charge in [0, 0.05) is 17.8 Å². The first kappa shape index (κ1) is 21.2. The van der Waals surface area contributed by atoms with Gasteiger partial charge in [0.25, 0.3) is 0 Å². The average Bonchev–Trinajstić information content (AvgIpc) is 3.05. The second kappa shape index (κ2) is 7.57. The van der Waals surface area contributed by atoms with E-state index >= 15 is 0 Å². The normalized spacial score (nSPS) is 42.2. The zero-order chi connectivity index (χ0) is 21.7. The number of allylic oxidation sites excluding steroid dienone is 1. The van der Waals surface area contributed by atoms with Gasteiger partial charge in [-0.05, 0) is 61.9 Å². The van der Waals surface area contributed by atoms with Gasteiger partial charge >= 0.3 is 12.3 Å². The van der Waals surface area contributed by atoms with Crippen molar-refractivity contribution in [1.82, 2.24) is 0 Å². The van der Waals surface area contributed by atoms with E-state index in [9.17, 15) is 14.4 Å². The van der Waals surface area contributed by atoms with E-state index in [-0.39, 0.29) is 46.6 Å². The van der Waals surface area contributed by atoms with Gasteiger partial charge in [0.05, 0.1) is 14.2 Å². The smallest absolute Gasteiger partial charge is 0.438 e. The van der Waals surface area contributed by atoms with Crippen LogP contribution in [0.15, 0.2) is 11.6 Å². The third-order valence-corrected chi connectivity index (χ3v) is 8.65. The number of fused-ring (bicyclic) bond motifs is 5. The second-order valence-corrected chi connectivity index (χ2v) is 9.85. The summed E-state index contributed by atoms with van der Waals surface area (Å²) in [5, 5.41) is 0. The van der Waals surface area contributed by atoms with Crippen LogP contribution in [0.1, 0.15) is 58.8 Å². The van der Waals surface area contributed by atoms with E-state index in [0.29, 0.717) is 6.42 Å².